The highest BCUT2D eigenvalue weighted by Crippen LogP contribution is 2.29. The van der Waals surface area contributed by atoms with Crippen LogP contribution in [0, 0.1) is 0 Å². The molecule has 0 aromatic carbocycles. The third kappa shape index (κ3) is 3.77. The van der Waals surface area contributed by atoms with Gasteiger partial charge in [0.1, 0.15) is 5.60 Å². The first-order valence-electron chi connectivity index (χ1n) is 9.27. The number of aromatic nitrogens is 2. The maximum atomic E-state index is 12.8. The topological polar surface area (TPSA) is 89.8 Å². The molecule has 3 rings (SSSR count). The second-order valence-corrected chi connectivity index (χ2v) is 7.14. The summed E-state index contributed by atoms with van der Waals surface area (Å²) in [5, 5.41) is 20.3. The van der Waals surface area contributed by atoms with Crippen molar-refractivity contribution < 1.29 is 15.0 Å². The van der Waals surface area contributed by atoms with Crippen LogP contribution in [0.25, 0.3) is 0 Å². The van der Waals surface area contributed by atoms with E-state index >= 15 is 0 Å². The number of amides is 1. The molecule has 0 aliphatic carbocycles. The summed E-state index contributed by atoms with van der Waals surface area (Å²) < 4.78 is 0. The molecule has 0 saturated carbocycles. The van der Waals surface area contributed by atoms with Gasteiger partial charge in [-0.2, -0.15) is 0 Å². The Bertz CT molecular complexity index is 584. The predicted octanol–water partition coefficient (Wildman–Crippen LogP) is 0.744. The third-order valence-electron chi connectivity index (χ3n) is 5.35. The summed E-state index contributed by atoms with van der Waals surface area (Å²) in [4.78, 5) is 25.3. The molecule has 0 unspecified atom stereocenters. The molecule has 0 spiro atoms. The summed E-state index contributed by atoms with van der Waals surface area (Å²) >= 11 is 0. The Hall–Kier alpha value is -1.73. The van der Waals surface area contributed by atoms with Gasteiger partial charge in [0, 0.05) is 44.9 Å². The number of anilines is 1. The van der Waals surface area contributed by atoms with Crippen molar-refractivity contribution in [2.24, 2.45) is 0 Å². The van der Waals surface area contributed by atoms with Crippen LogP contribution in [-0.2, 0) is 11.2 Å². The number of aryl methyl sites for hydroxylation is 1. The van der Waals surface area contributed by atoms with E-state index in [1.165, 1.54) is 0 Å². The van der Waals surface area contributed by atoms with Crippen molar-refractivity contribution in [1.29, 1.82) is 0 Å². The van der Waals surface area contributed by atoms with Crippen LogP contribution < -0.4 is 4.90 Å². The van der Waals surface area contributed by atoms with E-state index < -0.39 is 5.60 Å². The molecule has 2 N–H and O–H groups in total. The van der Waals surface area contributed by atoms with Crippen LogP contribution in [0.3, 0.4) is 0 Å². The Morgan fingerprint density at radius 1 is 1.28 bits per heavy atom. The molecule has 3 heterocycles. The minimum Gasteiger partial charge on any atom is -0.394 e. The summed E-state index contributed by atoms with van der Waals surface area (Å²) in [6.07, 6.45) is 8.16. The van der Waals surface area contributed by atoms with E-state index in [1.807, 2.05) is 17.3 Å². The zero-order valence-corrected chi connectivity index (χ0v) is 14.9. The SMILES string of the molecule is CCCc1cnc(N2CCC(O)(C(=O)N3CCC[C@@H]3CO)CC2)nc1. The predicted molar refractivity (Wildman–Crippen MR) is 94.2 cm³/mol. The van der Waals surface area contributed by atoms with Gasteiger partial charge in [-0.25, -0.2) is 9.97 Å². The highest BCUT2D eigenvalue weighted by molar-refractivity contribution is 5.86. The monoisotopic (exact) mass is 348 g/mol. The lowest BCUT2D eigenvalue weighted by atomic mass is 9.89. The molecule has 1 amide bonds. The molecule has 25 heavy (non-hydrogen) atoms. The van der Waals surface area contributed by atoms with Crippen molar-refractivity contribution in [2.45, 2.75) is 57.1 Å². The average molecular weight is 348 g/mol. The highest BCUT2D eigenvalue weighted by atomic mass is 16.3. The first kappa shape index (κ1) is 18.1. The van der Waals surface area contributed by atoms with Gasteiger partial charge in [0.2, 0.25) is 5.95 Å². The van der Waals surface area contributed by atoms with E-state index in [4.69, 9.17) is 0 Å². The highest BCUT2D eigenvalue weighted by Gasteiger charge is 2.44. The van der Waals surface area contributed by atoms with Gasteiger partial charge in [-0.1, -0.05) is 13.3 Å². The fourth-order valence-electron chi connectivity index (χ4n) is 3.78. The Balaban J connectivity index is 1.61. The molecular weight excluding hydrogens is 320 g/mol. The van der Waals surface area contributed by atoms with Crippen molar-refractivity contribution in [3.8, 4) is 0 Å². The number of aliphatic hydroxyl groups excluding tert-OH is 1. The smallest absolute Gasteiger partial charge is 0.255 e. The van der Waals surface area contributed by atoms with E-state index in [9.17, 15) is 15.0 Å². The fraction of sp³-hybridized carbons (Fsp3) is 0.722. The summed E-state index contributed by atoms with van der Waals surface area (Å²) in [5.41, 5.74) is -0.213. The third-order valence-corrected chi connectivity index (χ3v) is 5.35. The molecule has 2 fully saturated rings. The largest absolute Gasteiger partial charge is 0.394 e. The van der Waals surface area contributed by atoms with Gasteiger partial charge in [-0.05, 0) is 24.8 Å². The fourth-order valence-corrected chi connectivity index (χ4v) is 3.78. The zero-order chi connectivity index (χ0) is 17.9. The van der Waals surface area contributed by atoms with Crippen LogP contribution in [0.4, 0.5) is 5.95 Å². The average Bonchev–Trinajstić information content (AvgIpc) is 3.11. The van der Waals surface area contributed by atoms with Gasteiger partial charge in [-0.15, -0.1) is 0 Å². The minimum atomic E-state index is -1.34. The number of likely N-dealkylation sites (tertiary alicyclic amines) is 1. The van der Waals surface area contributed by atoms with E-state index in [0.717, 1.165) is 31.2 Å². The number of hydrogen-bond acceptors (Lipinski definition) is 6. The van der Waals surface area contributed by atoms with Crippen molar-refractivity contribution in [3.63, 3.8) is 0 Å². The second kappa shape index (κ2) is 7.66. The van der Waals surface area contributed by atoms with E-state index in [1.54, 1.807) is 4.90 Å². The maximum absolute atomic E-state index is 12.8. The molecule has 2 saturated heterocycles. The van der Waals surface area contributed by atoms with Gasteiger partial charge in [0.05, 0.1) is 12.6 Å². The lowest BCUT2D eigenvalue weighted by Gasteiger charge is -2.40. The molecule has 1 aromatic heterocycles. The van der Waals surface area contributed by atoms with Crippen LogP contribution in [0.1, 0.15) is 44.6 Å². The van der Waals surface area contributed by atoms with Gasteiger partial charge in [0.25, 0.3) is 5.91 Å². The molecule has 1 aromatic rings. The Labute approximate surface area is 148 Å². The van der Waals surface area contributed by atoms with Crippen molar-refractivity contribution >= 4 is 11.9 Å². The Morgan fingerprint density at radius 3 is 2.56 bits per heavy atom. The molecule has 2 aliphatic heterocycles. The standard InChI is InChI=1S/C18H28N4O3/c1-2-4-14-11-19-17(20-12-14)21-9-6-18(25,7-10-21)16(24)22-8-3-5-15(22)13-23/h11-12,15,23,25H,2-10,13H2,1H3/t15-/m1/s1. The Kier molecular flexibility index (Phi) is 5.54. The summed E-state index contributed by atoms with van der Waals surface area (Å²) in [5.74, 6) is 0.423. The van der Waals surface area contributed by atoms with Gasteiger partial charge < -0.3 is 20.0 Å². The second-order valence-electron chi connectivity index (χ2n) is 7.14. The van der Waals surface area contributed by atoms with Crippen LogP contribution in [0.5, 0.6) is 0 Å². The lowest BCUT2D eigenvalue weighted by molar-refractivity contribution is -0.155. The van der Waals surface area contributed by atoms with Crippen molar-refractivity contribution in [2.75, 3.05) is 31.1 Å². The van der Waals surface area contributed by atoms with Crippen LogP contribution >= 0.6 is 0 Å². The Morgan fingerprint density at radius 2 is 1.96 bits per heavy atom. The quantitative estimate of drug-likeness (QED) is 0.816. The molecule has 0 radical (unpaired) electrons. The number of carbonyl (C=O) groups is 1. The van der Waals surface area contributed by atoms with E-state index in [2.05, 4.69) is 16.9 Å². The zero-order valence-electron chi connectivity index (χ0n) is 14.9. The lowest BCUT2D eigenvalue weighted by Crippen LogP contribution is -2.56. The van der Waals surface area contributed by atoms with Crippen LogP contribution in [0.2, 0.25) is 0 Å². The van der Waals surface area contributed by atoms with E-state index in [0.29, 0.717) is 38.4 Å². The molecule has 7 heteroatoms. The molecule has 1 atom stereocenters. The number of piperidine rings is 1. The summed E-state index contributed by atoms with van der Waals surface area (Å²) in [7, 11) is 0. The number of nitrogens with zero attached hydrogens (tertiary/aromatic N) is 4. The summed E-state index contributed by atoms with van der Waals surface area (Å²) in [6, 6.07) is -0.149. The number of carbonyl (C=O) groups excluding carboxylic acids is 1. The first-order chi connectivity index (χ1) is 12.1. The number of rotatable bonds is 5. The molecule has 138 valence electrons. The first-order valence-corrected chi connectivity index (χ1v) is 9.27. The van der Waals surface area contributed by atoms with Gasteiger partial charge in [-0.3, -0.25) is 4.79 Å². The van der Waals surface area contributed by atoms with Gasteiger partial charge in [0.15, 0.2) is 0 Å². The van der Waals surface area contributed by atoms with E-state index in [-0.39, 0.29) is 18.6 Å². The molecular formula is C18H28N4O3. The van der Waals surface area contributed by atoms with Crippen molar-refractivity contribution in [3.05, 3.63) is 18.0 Å². The van der Waals surface area contributed by atoms with Crippen LogP contribution in [-0.4, -0.2) is 68.9 Å². The maximum Gasteiger partial charge on any atom is 0.255 e. The molecule has 2 aliphatic rings. The van der Waals surface area contributed by atoms with Crippen LogP contribution in [0.15, 0.2) is 12.4 Å². The van der Waals surface area contributed by atoms with Crippen molar-refractivity contribution in [1.82, 2.24) is 14.9 Å². The number of aliphatic hydroxyl groups is 2. The summed E-state index contributed by atoms with van der Waals surface area (Å²) in [6.45, 7) is 3.81. The normalized spacial score (nSPS) is 23.1. The minimum absolute atomic E-state index is 0.0358. The number of hydrogen-bond donors (Lipinski definition) is 2. The molecule has 7 nitrogen and oxygen atoms in total. The molecule has 0 bridgehead atoms. The van der Waals surface area contributed by atoms with Gasteiger partial charge >= 0.3 is 0 Å².